The number of nitrogens with two attached hydrogens (primary N) is 5. The smallest absolute Gasteiger partial charge is 0.249 e. The van der Waals surface area contributed by atoms with Crippen molar-refractivity contribution >= 4 is 5.91 Å². The van der Waals surface area contributed by atoms with Gasteiger partial charge in [-0.25, -0.2) is 0 Å². The van der Waals surface area contributed by atoms with Gasteiger partial charge in [-0.1, -0.05) is 0 Å². The van der Waals surface area contributed by atoms with Gasteiger partial charge in [0, 0.05) is 12.6 Å². The van der Waals surface area contributed by atoms with Crippen LogP contribution in [0, 0.1) is 0 Å². The number of carbonyl (C=O) groups excluding carboxylic acids is 1. The van der Waals surface area contributed by atoms with Crippen LogP contribution in [-0.4, -0.2) is 148 Å². The Morgan fingerprint density at radius 2 is 1.58 bits per heavy atom. The van der Waals surface area contributed by atoms with Gasteiger partial charge in [-0.3, -0.25) is 4.79 Å². The van der Waals surface area contributed by atoms with Crippen molar-refractivity contribution in [3.8, 4) is 0 Å². The third-order valence-corrected chi connectivity index (χ3v) is 7.20. The van der Waals surface area contributed by atoms with E-state index in [1.165, 1.54) is 0 Å². The first-order chi connectivity index (χ1) is 17.9. The third kappa shape index (κ3) is 6.77. The van der Waals surface area contributed by atoms with Gasteiger partial charge in [-0.2, -0.15) is 0 Å². The highest BCUT2D eigenvalue weighted by Gasteiger charge is 2.51. The average Bonchev–Trinajstić information content (AvgIpc) is 2.88. The maximum absolute atomic E-state index is 12.5. The van der Waals surface area contributed by atoms with Crippen molar-refractivity contribution in [2.24, 2.45) is 28.7 Å². The van der Waals surface area contributed by atoms with E-state index in [0.29, 0.717) is 0 Å². The van der Waals surface area contributed by atoms with Gasteiger partial charge in [0.2, 0.25) is 5.91 Å². The van der Waals surface area contributed by atoms with Crippen LogP contribution in [0.3, 0.4) is 0 Å². The topological polar surface area (TPSA) is 317 Å². The molecule has 1 amide bonds. The van der Waals surface area contributed by atoms with Crippen molar-refractivity contribution in [1.29, 1.82) is 0 Å². The van der Waals surface area contributed by atoms with E-state index in [-0.39, 0.29) is 32.5 Å². The summed E-state index contributed by atoms with van der Waals surface area (Å²) in [5.74, 6) is -0.786. The quantitative estimate of drug-likeness (QED) is 0.126. The van der Waals surface area contributed by atoms with Gasteiger partial charge in [0.25, 0.3) is 0 Å². The summed E-state index contributed by atoms with van der Waals surface area (Å²) in [5.41, 5.74) is 29.1. The van der Waals surface area contributed by atoms with E-state index in [9.17, 15) is 35.4 Å². The van der Waals surface area contributed by atoms with Gasteiger partial charge < -0.3 is 83.6 Å². The zero-order valence-electron chi connectivity index (χ0n) is 20.8. The fourth-order valence-corrected chi connectivity index (χ4v) is 4.82. The number of hydrogen-bond acceptors (Lipinski definition) is 16. The first-order valence-corrected chi connectivity index (χ1v) is 12.5. The maximum Gasteiger partial charge on any atom is 0.249 e. The Hall–Kier alpha value is -1.13. The van der Waals surface area contributed by atoms with E-state index in [2.05, 4.69) is 5.32 Å². The van der Waals surface area contributed by atoms with Crippen LogP contribution in [0.15, 0.2) is 0 Å². The zero-order valence-corrected chi connectivity index (χ0v) is 20.8. The Bertz CT molecular complexity index is 771. The molecule has 17 N–H and O–H groups in total. The second-order valence-corrected chi connectivity index (χ2v) is 9.97. The minimum Gasteiger partial charge on any atom is -0.389 e. The molecular formula is C21H42N6O11. The molecule has 0 radical (unpaired) electrons. The molecule has 0 aromatic rings. The summed E-state index contributed by atoms with van der Waals surface area (Å²) in [7, 11) is 0. The molecule has 0 aromatic heterocycles. The number of aliphatic hydroxyl groups excluding tert-OH is 6. The number of ether oxygens (including phenoxy) is 4. The van der Waals surface area contributed by atoms with Crippen molar-refractivity contribution in [2.75, 3.05) is 19.7 Å². The fourth-order valence-electron chi connectivity index (χ4n) is 4.82. The van der Waals surface area contributed by atoms with Crippen molar-refractivity contribution in [3.63, 3.8) is 0 Å². The maximum atomic E-state index is 12.5. The first-order valence-electron chi connectivity index (χ1n) is 12.5. The van der Waals surface area contributed by atoms with Gasteiger partial charge in [-0.05, 0) is 19.4 Å². The molecule has 0 bridgehead atoms. The second kappa shape index (κ2) is 13.5. The molecule has 3 rings (SSSR count). The van der Waals surface area contributed by atoms with E-state index >= 15 is 0 Å². The number of aliphatic hydroxyl groups is 6. The van der Waals surface area contributed by atoms with Crippen molar-refractivity contribution < 1.29 is 54.4 Å². The molecule has 17 nitrogen and oxygen atoms in total. The summed E-state index contributed by atoms with van der Waals surface area (Å²) < 4.78 is 22.7. The zero-order chi connectivity index (χ0) is 28.3. The van der Waals surface area contributed by atoms with Crippen LogP contribution in [-0.2, 0) is 23.7 Å². The number of hydrogen-bond donors (Lipinski definition) is 12. The lowest BCUT2D eigenvalue weighted by molar-refractivity contribution is -0.308. The molecule has 2 heterocycles. The largest absolute Gasteiger partial charge is 0.389 e. The molecule has 222 valence electrons. The predicted octanol–water partition coefficient (Wildman–Crippen LogP) is -7.82. The molecule has 17 heteroatoms. The molecule has 0 spiro atoms. The normalized spacial score (nSPS) is 46.9. The molecular weight excluding hydrogens is 512 g/mol. The highest BCUT2D eigenvalue weighted by molar-refractivity contribution is 5.80. The van der Waals surface area contributed by atoms with Crippen LogP contribution in [0.1, 0.15) is 12.8 Å². The summed E-state index contributed by atoms with van der Waals surface area (Å²) >= 11 is 0. The van der Waals surface area contributed by atoms with Crippen molar-refractivity contribution in [2.45, 2.75) is 105 Å². The van der Waals surface area contributed by atoms with Gasteiger partial charge in [0.15, 0.2) is 12.6 Å². The summed E-state index contributed by atoms with van der Waals surface area (Å²) in [4.78, 5) is 12.5. The Labute approximate surface area is 219 Å². The molecule has 3 aliphatic rings. The minimum absolute atomic E-state index is 0.0188. The Morgan fingerprint density at radius 1 is 0.921 bits per heavy atom. The van der Waals surface area contributed by atoms with Crippen LogP contribution in [0.2, 0.25) is 0 Å². The van der Waals surface area contributed by atoms with E-state index in [0.717, 1.165) is 0 Å². The van der Waals surface area contributed by atoms with E-state index < -0.39 is 97.6 Å². The molecule has 15 atom stereocenters. The lowest BCUT2D eigenvalue weighted by Gasteiger charge is -2.48. The van der Waals surface area contributed by atoms with Crippen LogP contribution >= 0.6 is 0 Å². The predicted molar refractivity (Wildman–Crippen MR) is 127 cm³/mol. The monoisotopic (exact) mass is 554 g/mol. The van der Waals surface area contributed by atoms with Gasteiger partial charge in [-0.15, -0.1) is 0 Å². The van der Waals surface area contributed by atoms with E-state index in [1.807, 2.05) is 0 Å². The molecule has 0 aromatic carbocycles. The van der Waals surface area contributed by atoms with E-state index in [1.54, 1.807) is 0 Å². The molecule has 38 heavy (non-hydrogen) atoms. The molecule has 2 saturated heterocycles. The highest BCUT2D eigenvalue weighted by Crippen LogP contribution is 2.31. The number of amides is 1. The Morgan fingerprint density at radius 3 is 2.21 bits per heavy atom. The average molecular weight is 555 g/mol. The molecule has 1 saturated carbocycles. The number of carbonyl (C=O) groups is 1. The SMILES string of the molecule is NCC[C@H](O)C(=O)N[C@@H]1C[C@H](N)[C@@H](O[C@H]2O[C@H](CN)[C@@H](O)[C@H](O)[C@H]2N)[C@H](O)[C@H]1O[C@H]1OC[C@@H](O)[C@H](N)[C@H]1O. The summed E-state index contributed by atoms with van der Waals surface area (Å²) in [6.45, 7) is -0.369. The summed E-state index contributed by atoms with van der Waals surface area (Å²) in [6, 6.07) is -4.28. The Kier molecular flexibility index (Phi) is 11.1. The minimum atomic E-state index is -1.59. The fraction of sp³-hybridized carbons (Fsp3) is 0.952. The molecule has 2 aliphatic heterocycles. The molecule has 3 fully saturated rings. The van der Waals surface area contributed by atoms with Gasteiger partial charge >= 0.3 is 0 Å². The third-order valence-electron chi connectivity index (χ3n) is 7.20. The Balaban J connectivity index is 1.81. The standard InChI is InChI=1S/C21H42N6O11/c22-2-1-8(28)19(34)27-7-3-6(24)17(37-20-12(26)14(31)13(30)10(4-23)36-20)16(33)18(7)38-21-15(32)11(25)9(29)5-35-21/h6-18,20-21,28-33H,1-5,22-26H2,(H,27,34)/t6-,7+,8-,9+,10+,11-,12+,13+,14+,15+,16-,17+,18-,20+,21+/m0/s1. The van der Waals surface area contributed by atoms with Crippen molar-refractivity contribution in [1.82, 2.24) is 5.32 Å². The lowest BCUT2D eigenvalue weighted by Crippen LogP contribution is -2.69. The number of nitrogens with one attached hydrogen (secondary N) is 1. The van der Waals surface area contributed by atoms with Crippen molar-refractivity contribution in [3.05, 3.63) is 0 Å². The summed E-state index contributed by atoms with van der Waals surface area (Å²) in [5, 5.41) is 64.6. The molecule has 1 aliphatic carbocycles. The van der Waals surface area contributed by atoms with Gasteiger partial charge in [0.1, 0.15) is 48.8 Å². The van der Waals surface area contributed by atoms with Crippen LogP contribution in [0.25, 0.3) is 0 Å². The molecule has 0 unspecified atom stereocenters. The second-order valence-electron chi connectivity index (χ2n) is 9.97. The first kappa shape index (κ1) is 31.4. The highest BCUT2D eigenvalue weighted by atomic mass is 16.7. The van der Waals surface area contributed by atoms with Gasteiger partial charge in [0.05, 0.1) is 30.8 Å². The number of rotatable bonds is 9. The van der Waals surface area contributed by atoms with Crippen LogP contribution < -0.4 is 34.0 Å². The van der Waals surface area contributed by atoms with Crippen LogP contribution in [0.5, 0.6) is 0 Å². The van der Waals surface area contributed by atoms with E-state index in [4.69, 9.17) is 47.6 Å². The summed E-state index contributed by atoms with van der Waals surface area (Å²) in [6.07, 6.45) is -14.8. The lowest BCUT2D eigenvalue weighted by atomic mass is 9.83. The van der Waals surface area contributed by atoms with Crippen LogP contribution in [0.4, 0.5) is 0 Å².